The average molecular weight is 173 g/mol. The van der Waals surface area contributed by atoms with Crippen molar-refractivity contribution in [3.8, 4) is 0 Å². The quantitative estimate of drug-likeness (QED) is 0.621. The van der Waals surface area contributed by atoms with Gasteiger partial charge in [-0.15, -0.1) is 0 Å². The molecule has 12 heavy (non-hydrogen) atoms. The van der Waals surface area contributed by atoms with Crippen molar-refractivity contribution in [3.63, 3.8) is 0 Å². The molecule has 0 aliphatic carbocycles. The minimum atomic E-state index is -0.791. The van der Waals surface area contributed by atoms with Crippen molar-refractivity contribution in [2.45, 2.75) is 32.9 Å². The Morgan fingerprint density at radius 1 is 1.67 bits per heavy atom. The zero-order chi connectivity index (χ0) is 9.14. The van der Waals surface area contributed by atoms with Gasteiger partial charge in [-0.05, 0) is 12.3 Å². The van der Waals surface area contributed by atoms with Crippen LogP contribution < -0.4 is 0 Å². The SMILES string of the molecule is CC(C)CC(=O)N1CCC(F)C1. The number of halogens is 1. The van der Waals surface area contributed by atoms with Crippen LogP contribution in [0.4, 0.5) is 4.39 Å². The first-order chi connectivity index (χ1) is 5.59. The molecular formula is C9H16FNO. The average Bonchev–Trinajstić information content (AvgIpc) is 2.34. The van der Waals surface area contributed by atoms with E-state index >= 15 is 0 Å². The number of hydrogen-bond donors (Lipinski definition) is 0. The van der Waals surface area contributed by atoms with Crippen LogP contribution in [0, 0.1) is 5.92 Å². The fraction of sp³-hybridized carbons (Fsp3) is 0.889. The third kappa shape index (κ3) is 2.47. The van der Waals surface area contributed by atoms with Gasteiger partial charge in [-0.1, -0.05) is 13.8 Å². The van der Waals surface area contributed by atoms with Crippen LogP contribution in [0.25, 0.3) is 0 Å². The molecular weight excluding hydrogens is 157 g/mol. The van der Waals surface area contributed by atoms with E-state index in [1.807, 2.05) is 13.8 Å². The number of nitrogens with zero attached hydrogens (tertiary/aromatic N) is 1. The second-order valence-electron chi connectivity index (χ2n) is 3.82. The number of hydrogen-bond acceptors (Lipinski definition) is 1. The Hall–Kier alpha value is -0.600. The summed E-state index contributed by atoms with van der Waals surface area (Å²) in [4.78, 5) is 13.0. The summed E-state index contributed by atoms with van der Waals surface area (Å²) in [7, 11) is 0. The van der Waals surface area contributed by atoms with Gasteiger partial charge in [0.25, 0.3) is 0 Å². The van der Waals surface area contributed by atoms with Crippen LogP contribution in [0.2, 0.25) is 0 Å². The Morgan fingerprint density at radius 2 is 2.33 bits per heavy atom. The second kappa shape index (κ2) is 3.87. The Labute approximate surface area is 72.7 Å². The van der Waals surface area contributed by atoms with E-state index in [2.05, 4.69) is 0 Å². The predicted octanol–water partition coefficient (Wildman–Crippen LogP) is 1.60. The van der Waals surface area contributed by atoms with Crippen molar-refractivity contribution in [3.05, 3.63) is 0 Å². The topological polar surface area (TPSA) is 20.3 Å². The van der Waals surface area contributed by atoms with Gasteiger partial charge in [-0.2, -0.15) is 0 Å². The molecule has 1 aliphatic rings. The lowest BCUT2D eigenvalue weighted by atomic mass is 10.1. The van der Waals surface area contributed by atoms with Crippen molar-refractivity contribution in [1.82, 2.24) is 4.90 Å². The van der Waals surface area contributed by atoms with E-state index in [0.717, 1.165) is 0 Å². The minimum Gasteiger partial charge on any atom is -0.340 e. The minimum absolute atomic E-state index is 0.102. The summed E-state index contributed by atoms with van der Waals surface area (Å²) >= 11 is 0. The number of alkyl halides is 1. The van der Waals surface area contributed by atoms with Gasteiger partial charge in [0.1, 0.15) is 6.17 Å². The van der Waals surface area contributed by atoms with Gasteiger partial charge in [0.05, 0.1) is 6.54 Å². The first kappa shape index (κ1) is 9.49. The highest BCUT2D eigenvalue weighted by Crippen LogP contribution is 2.14. The number of rotatable bonds is 2. The van der Waals surface area contributed by atoms with Crippen LogP contribution in [0.15, 0.2) is 0 Å². The Balaban J connectivity index is 2.33. The third-order valence-electron chi connectivity index (χ3n) is 2.07. The van der Waals surface area contributed by atoms with Crippen molar-refractivity contribution >= 4 is 5.91 Å². The highest BCUT2D eigenvalue weighted by molar-refractivity contribution is 5.76. The van der Waals surface area contributed by atoms with E-state index < -0.39 is 6.17 Å². The first-order valence-electron chi connectivity index (χ1n) is 4.51. The van der Waals surface area contributed by atoms with Crippen molar-refractivity contribution in [2.75, 3.05) is 13.1 Å². The lowest BCUT2D eigenvalue weighted by Gasteiger charge is -2.16. The van der Waals surface area contributed by atoms with E-state index in [0.29, 0.717) is 31.8 Å². The maximum absolute atomic E-state index is 12.7. The smallest absolute Gasteiger partial charge is 0.222 e. The molecule has 0 aromatic heterocycles. The van der Waals surface area contributed by atoms with Gasteiger partial charge in [0, 0.05) is 13.0 Å². The molecule has 0 radical (unpaired) electrons. The fourth-order valence-electron chi connectivity index (χ4n) is 1.42. The maximum atomic E-state index is 12.7. The molecule has 1 aliphatic heterocycles. The summed E-state index contributed by atoms with van der Waals surface area (Å²) < 4.78 is 12.7. The lowest BCUT2D eigenvalue weighted by molar-refractivity contribution is -0.131. The molecule has 70 valence electrons. The van der Waals surface area contributed by atoms with Gasteiger partial charge < -0.3 is 4.90 Å². The summed E-state index contributed by atoms with van der Waals surface area (Å²) in [5.74, 6) is 0.473. The summed E-state index contributed by atoms with van der Waals surface area (Å²) in [6, 6.07) is 0. The Kier molecular flexibility index (Phi) is 3.06. The van der Waals surface area contributed by atoms with Crippen molar-refractivity contribution in [1.29, 1.82) is 0 Å². The van der Waals surface area contributed by atoms with Crippen LogP contribution >= 0.6 is 0 Å². The van der Waals surface area contributed by atoms with Crippen molar-refractivity contribution in [2.24, 2.45) is 5.92 Å². The van der Waals surface area contributed by atoms with Gasteiger partial charge in [-0.25, -0.2) is 4.39 Å². The van der Waals surface area contributed by atoms with E-state index in [9.17, 15) is 9.18 Å². The number of carbonyl (C=O) groups is 1. The summed E-state index contributed by atoms with van der Waals surface area (Å²) in [6.07, 6.45) is 0.275. The summed E-state index contributed by atoms with van der Waals surface area (Å²) in [5.41, 5.74) is 0. The van der Waals surface area contributed by atoms with E-state index in [-0.39, 0.29) is 5.91 Å². The highest BCUT2D eigenvalue weighted by atomic mass is 19.1. The Morgan fingerprint density at radius 3 is 2.75 bits per heavy atom. The molecule has 1 saturated heterocycles. The van der Waals surface area contributed by atoms with Gasteiger partial charge in [0.2, 0.25) is 5.91 Å². The van der Waals surface area contributed by atoms with Crippen LogP contribution in [-0.4, -0.2) is 30.1 Å². The molecule has 2 nitrogen and oxygen atoms in total. The number of amides is 1. The van der Waals surface area contributed by atoms with E-state index in [1.54, 1.807) is 4.90 Å². The molecule has 0 aromatic rings. The summed E-state index contributed by atoms with van der Waals surface area (Å²) in [6.45, 7) is 4.92. The molecule has 0 saturated carbocycles. The van der Waals surface area contributed by atoms with Gasteiger partial charge in [-0.3, -0.25) is 4.79 Å². The van der Waals surface area contributed by atoms with Crippen molar-refractivity contribution < 1.29 is 9.18 Å². The van der Waals surface area contributed by atoms with E-state index in [1.165, 1.54) is 0 Å². The fourth-order valence-corrected chi connectivity index (χ4v) is 1.42. The van der Waals surface area contributed by atoms with Crippen LogP contribution in [0.5, 0.6) is 0 Å². The Bertz CT molecular complexity index is 170. The lowest BCUT2D eigenvalue weighted by Crippen LogP contribution is -2.29. The molecule has 1 fully saturated rings. The van der Waals surface area contributed by atoms with Gasteiger partial charge >= 0.3 is 0 Å². The zero-order valence-electron chi connectivity index (χ0n) is 7.72. The molecule has 0 aromatic carbocycles. The maximum Gasteiger partial charge on any atom is 0.222 e. The molecule has 3 heteroatoms. The van der Waals surface area contributed by atoms with E-state index in [4.69, 9.17) is 0 Å². The predicted molar refractivity (Wildman–Crippen MR) is 45.5 cm³/mol. The molecule has 0 N–H and O–H groups in total. The second-order valence-corrected chi connectivity index (χ2v) is 3.82. The van der Waals surface area contributed by atoms with Crippen LogP contribution in [0.1, 0.15) is 26.7 Å². The third-order valence-corrected chi connectivity index (χ3v) is 2.07. The normalized spacial score (nSPS) is 23.7. The molecule has 1 unspecified atom stereocenters. The number of carbonyl (C=O) groups excluding carboxylic acids is 1. The zero-order valence-corrected chi connectivity index (χ0v) is 7.72. The molecule has 1 rings (SSSR count). The monoisotopic (exact) mass is 173 g/mol. The molecule has 0 spiro atoms. The van der Waals surface area contributed by atoms with Gasteiger partial charge in [0.15, 0.2) is 0 Å². The summed E-state index contributed by atoms with van der Waals surface area (Å²) in [5, 5.41) is 0. The van der Waals surface area contributed by atoms with Crippen LogP contribution in [0.3, 0.4) is 0 Å². The molecule has 0 bridgehead atoms. The number of likely N-dealkylation sites (tertiary alicyclic amines) is 1. The first-order valence-corrected chi connectivity index (χ1v) is 4.51. The molecule has 1 atom stereocenters. The largest absolute Gasteiger partial charge is 0.340 e. The highest BCUT2D eigenvalue weighted by Gasteiger charge is 2.25. The standard InChI is InChI=1S/C9H16FNO/c1-7(2)5-9(12)11-4-3-8(10)6-11/h7-8H,3-6H2,1-2H3. The van der Waals surface area contributed by atoms with Crippen LogP contribution in [-0.2, 0) is 4.79 Å². The molecule has 1 heterocycles. The molecule has 1 amide bonds.